The highest BCUT2D eigenvalue weighted by Crippen LogP contribution is 2.35. The Morgan fingerprint density at radius 2 is 1.89 bits per heavy atom. The molecule has 0 saturated heterocycles. The number of ether oxygens (including phenoxy) is 1. The van der Waals surface area contributed by atoms with Gasteiger partial charge < -0.3 is 4.74 Å². The second kappa shape index (κ2) is 5.81. The van der Waals surface area contributed by atoms with Gasteiger partial charge in [-0.05, 0) is 12.1 Å². The number of halogens is 6. The van der Waals surface area contributed by atoms with Gasteiger partial charge in [-0.1, -0.05) is 15.9 Å². The van der Waals surface area contributed by atoms with Gasteiger partial charge in [0.25, 0.3) is 0 Å². The predicted octanol–water partition coefficient (Wildman–Crippen LogP) is 3.24. The summed E-state index contributed by atoms with van der Waals surface area (Å²) in [6.45, 7) is -1.84. The summed E-state index contributed by atoms with van der Waals surface area (Å²) in [6, 6.07) is 2.26. The van der Waals surface area contributed by atoms with E-state index in [1.807, 2.05) is 0 Å². The summed E-state index contributed by atoms with van der Waals surface area (Å²) in [5.74, 6) is -5.58. The lowest BCUT2D eigenvalue weighted by atomic mass is 10.3. The molecule has 19 heavy (non-hydrogen) atoms. The monoisotopic (exact) mass is 347 g/mol. The maximum atomic E-state index is 12.5. The largest absolute Gasteiger partial charge is 0.485 e. The summed E-state index contributed by atoms with van der Waals surface area (Å²) >= 11 is 2.90. The van der Waals surface area contributed by atoms with Gasteiger partial charge >= 0.3 is 12.1 Å². The van der Waals surface area contributed by atoms with Gasteiger partial charge in [0.2, 0.25) is 0 Å². The number of hydrogen-bond acceptors (Lipinski definition) is 3. The van der Waals surface area contributed by atoms with Gasteiger partial charge in [-0.2, -0.15) is 22.0 Å². The molecule has 1 rings (SSSR count). The Kier molecular flexibility index (Phi) is 4.83. The summed E-state index contributed by atoms with van der Waals surface area (Å²) in [4.78, 5) is 14.7. The Hall–Kier alpha value is -1.25. The van der Waals surface area contributed by atoms with Gasteiger partial charge in [-0.3, -0.25) is 4.79 Å². The van der Waals surface area contributed by atoms with E-state index in [0.29, 0.717) is 0 Å². The average Bonchev–Trinajstić information content (AvgIpc) is 2.35. The lowest BCUT2D eigenvalue weighted by Crippen LogP contribution is -2.41. The first-order valence-corrected chi connectivity index (χ1v) is 5.92. The highest BCUT2D eigenvalue weighted by atomic mass is 79.9. The van der Waals surface area contributed by atoms with Crippen molar-refractivity contribution in [3.05, 3.63) is 24.0 Å². The standard InChI is InChI=1S/C10H7BrF5NO2/c11-3-8(18)7-2-1-6(4-17-7)19-5-9(12,13)10(14,15)16/h1-2,4H,3,5H2. The lowest BCUT2D eigenvalue weighted by Gasteiger charge is -2.19. The van der Waals surface area contributed by atoms with E-state index in [4.69, 9.17) is 0 Å². The minimum absolute atomic E-state index is 0.0202. The Morgan fingerprint density at radius 1 is 1.26 bits per heavy atom. The molecule has 0 fully saturated rings. The fourth-order valence-electron chi connectivity index (χ4n) is 0.955. The molecule has 0 radical (unpaired) electrons. The molecule has 1 aromatic heterocycles. The van der Waals surface area contributed by atoms with Crippen LogP contribution in [0, 0.1) is 0 Å². The van der Waals surface area contributed by atoms with Gasteiger partial charge in [0.15, 0.2) is 12.4 Å². The van der Waals surface area contributed by atoms with Crippen LogP contribution in [0.2, 0.25) is 0 Å². The molecule has 0 amide bonds. The Labute approximate surface area is 112 Å². The van der Waals surface area contributed by atoms with E-state index in [1.54, 1.807) is 0 Å². The van der Waals surface area contributed by atoms with Crippen LogP contribution >= 0.6 is 15.9 Å². The van der Waals surface area contributed by atoms with E-state index in [1.165, 1.54) is 6.07 Å². The number of pyridine rings is 1. The van der Waals surface area contributed by atoms with E-state index in [-0.39, 0.29) is 22.6 Å². The van der Waals surface area contributed by atoms with E-state index < -0.39 is 18.7 Å². The maximum absolute atomic E-state index is 12.5. The lowest BCUT2D eigenvalue weighted by molar-refractivity contribution is -0.290. The summed E-state index contributed by atoms with van der Waals surface area (Å²) in [6.07, 6.45) is -4.77. The van der Waals surface area contributed by atoms with Crippen molar-refractivity contribution in [2.24, 2.45) is 0 Å². The zero-order valence-electron chi connectivity index (χ0n) is 9.18. The SMILES string of the molecule is O=C(CBr)c1ccc(OCC(F)(F)C(F)(F)F)cn1. The third kappa shape index (κ3) is 4.12. The number of rotatable bonds is 5. The average molecular weight is 348 g/mol. The quantitative estimate of drug-likeness (QED) is 0.466. The summed E-state index contributed by atoms with van der Waals surface area (Å²) in [7, 11) is 0. The highest BCUT2D eigenvalue weighted by Gasteiger charge is 2.58. The van der Waals surface area contributed by atoms with Crippen LogP contribution < -0.4 is 4.74 Å². The normalized spacial score (nSPS) is 12.3. The number of nitrogens with zero attached hydrogens (tertiary/aromatic N) is 1. The molecule has 3 nitrogen and oxygen atoms in total. The van der Waals surface area contributed by atoms with Crippen LogP contribution in [-0.4, -0.2) is 34.8 Å². The molecule has 9 heteroatoms. The fraction of sp³-hybridized carbons (Fsp3) is 0.400. The maximum Gasteiger partial charge on any atom is 0.456 e. The van der Waals surface area contributed by atoms with Crippen molar-refractivity contribution in [2.45, 2.75) is 12.1 Å². The minimum atomic E-state index is -5.67. The molecule has 0 aliphatic heterocycles. The zero-order valence-corrected chi connectivity index (χ0v) is 10.8. The number of carbonyl (C=O) groups excluding carboxylic acids is 1. The summed E-state index contributed by atoms with van der Waals surface area (Å²) in [5.41, 5.74) is 0.0480. The molecule has 0 aliphatic carbocycles. The molecule has 0 unspecified atom stereocenters. The summed E-state index contributed by atoms with van der Waals surface area (Å²) < 4.78 is 65.0. The van der Waals surface area contributed by atoms with Crippen molar-refractivity contribution in [3.8, 4) is 5.75 Å². The van der Waals surface area contributed by atoms with Crippen molar-refractivity contribution < 1.29 is 31.5 Å². The molecule has 0 N–H and O–H groups in total. The zero-order chi connectivity index (χ0) is 14.7. The van der Waals surface area contributed by atoms with Gasteiger partial charge in [-0.15, -0.1) is 0 Å². The van der Waals surface area contributed by atoms with Crippen molar-refractivity contribution in [3.63, 3.8) is 0 Å². The third-order valence-corrected chi connectivity index (χ3v) is 2.49. The smallest absolute Gasteiger partial charge is 0.456 e. The van der Waals surface area contributed by atoms with Crippen molar-refractivity contribution in [1.82, 2.24) is 4.98 Å². The molecular formula is C10H7BrF5NO2. The topological polar surface area (TPSA) is 39.2 Å². The Balaban J connectivity index is 2.67. The number of carbonyl (C=O) groups is 1. The van der Waals surface area contributed by atoms with Gasteiger partial charge in [0.05, 0.1) is 11.5 Å². The molecule has 1 aromatic rings. The second-order valence-electron chi connectivity index (χ2n) is 3.43. The first kappa shape index (κ1) is 15.8. The van der Waals surface area contributed by atoms with Crippen LogP contribution in [0.5, 0.6) is 5.75 Å². The van der Waals surface area contributed by atoms with Gasteiger partial charge in [-0.25, -0.2) is 4.98 Å². The molecule has 1 heterocycles. The van der Waals surface area contributed by atoms with E-state index in [2.05, 4.69) is 25.7 Å². The molecule has 0 saturated carbocycles. The Morgan fingerprint density at radius 3 is 2.32 bits per heavy atom. The van der Waals surface area contributed by atoms with Crippen LogP contribution in [0.3, 0.4) is 0 Å². The molecular weight excluding hydrogens is 341 g/mol. The van der Waals surface area contributed by atoms with Gasteiger partial charge in [0.1, 0.15) is 11.4 Å². The molecule has 0 spiro atoms. The van der Waals surface area contributed by atoms with E-state index in [0.717, 1.165) is 12.3 Å². The van der Waals surface area contributed by atoms with Crippen molar-refractivity contribution >= 4 is 21.7 Å². The minimum Gasteiger partial charge on any atom is -0.485 e. The van der Waals surface area contributed by atoms with Crippen LogP contribution in [0.4, 0.5) is 22.0 Å². The van der Waals surface area contributed by atoms with Crippen molar-refractivity contribution in [2.75, 3.05) is 11.9 Å². The number of aromatic nitrogens is 1. The van der Waals surface area contributed by atoms with Crippen LogP contribution in [0.25, 0.3) is 0 Å². The van der Waals surface area contributed by atoms with Crippen molar-refractivity contribution in [1.29, 1.82) is 0 Å². The van der Waals surface area contributed by atoms with E-state index >= 15 is 0 Å². The van der Waals surface area contributed by atoms with Crippen LogP contribution in [-0.2, 0) is 0 Å². The molecule has 0 bridgehead atoms. The number of hydrogen-bond donors (Lipinski definition) is 0. The summed E-state index contributed by atoms with van der Waals surface area (Å²) in [5, 5.41) is 0.0202. The first-order chi connectivity index (χ1) is 8.67. The van der Waals surface area contributed by atoms with Crippen LogP contribution in [0.15, 0.2) is 18.3 Å². The van der Waals surface area contributed by atoms with E-state index in [9.17, 15) is 26.7 Å². The Bertz CT molecular complexity index is 446. The highest BCUT2D eigenvalue weighted by molar-refractivity contribution is 9.09. The molecule has 0 aliphatic rings. The second-order valence-corrected chi connectivity index (χ2v) is 3.99. The molecule has 0 aromatic carbocycles. The molecule has 106 valence electrons. The molecule has 0 atom stereocenters. The predicted molar refractivity (Wildman–Crippen MR) is 58.9 cm³/mol. The third-order valence-electron chi connectivity index (χ3n) is 1.98. The number of Topliss-reactive ketones (excluding diaryl/α,β-unsaturated/α-hetero) is 1. The van der Waals surface area contributed by atoms with Gasteiger partial charge in [0, 0.05) is 0 Å². The van der Waals surface area contributed by atoms with Crippen LogP contribution in [0.1, 0.15) is 10.5 Å². The number of ketones is 1. The fourth-order valence-corrected chi connectivity index (χ4v) is 1.24. The number of alkyl halides is 6. The first-order valence-electron chi connectivity index (χ1n) is 4.80.